The van der Waals surface area contributed by atoms with Crippen LogP contribution >= 0.6 is 15.9 Å². The SMILES string of the molecule is Cc1c(Br)cccc1NC(=O)c1nn(C)cc1N. The van der Waals surface area contributed by atoms with Crippen LogP contribution in [0.25, 0.3) is 0 Å². The Balaban J connectivity index is 2.27. The molecule has 1 aromatic heterocycles. The molecule has 18 heavy (non-hydrogen) atoms. The van der Waals surface area contributed by atoms with Crippen molar-refractivity contribution in [3.05, 3.63) is 40.1 Å². The lowest BCUT2D eigenvalue weighted by Crippen LogP contribution is -2.15. The maximum atomic E-state index is 12.0. The Kier molecular flexibility index (Phi) is 3.38. The molecule has 0 fully saturated rings. The van der Waals surface area contributed by atoms with E-state index in [0.717, 1.165) is 15.7 Å². The molecule has 0 bridgehead atoms. The monoisotopic (exact) mass is 308 g/mol. The first-order valence-corrected chi connectivity index (χ1v) is 6.14. The van der Waals surface area contributed by atoms with Crippen LogP contribution in [0.5, 0.6) is 0 Å². The van der Waals surface area contributed by atoms with Crippen molar-refractivity contribution in [1.29, 1.82) is 0 Å². The van der Waals surface area contributed by atoms with Gasteiger partial charge in [-0.15, -0.1) is 0 Å². The number of carbonyl (C=O) groups is 1. The molecule has 1 heterocycles. The topological polar surface area (TPSA) is 72.9 Å². The zero-order valence-corrected chi connectivity index (χ0v) is 11.7. The van der Waals surface area contributed by atoms with E-state index in [1.54, 1.807) is 13.2 Å². The van der Waals surface area contributed by atoms with E-state index in [4.69, 9.17) is 5.73 Å². The summed E-state index contributed by atoms with van der Waals surface area (Å²) in [6.45, 7) is 1.92. The lowest BCUT2D eigenvalue weighted by molar-refractivity contribution is 0.102. The Morgan fingerprint density at radius 1 is 1.50 bits per heavy atom. The molecular weight excluding hydrogens is 296 g/mol. The zero-order chi connectivity index (χ0) is 13.3. The van der Waals surface area contributed by atoms with Crippen molar-refractivity contribution >= 4 is 33.2 Å². The molecule has 5 nitrogen and oxygen atoms in total. The molecule has 0 radical (unpaired) electrons. The van der Waals surface area contributed by atoms with E-state index in [1.807, 2.05) is 25.1 Å². The van der Waals surface area contributed by atoms with Gasteiger partial charge in [0, 0.05) is 23.4 Å². The van der Waals surface area contributed by atoms with E-state index < -0.39 is 0 Å². The van der Waals surface area contributed by atoms with E-state index in [0.29, 0.717) is 5.69 Å². The standard InChI is InChI=1S/C12H13BrN4O/c1-7-8(13)4-3-5-10(7)15-12(18)11-9(14)6-17(2)16-11/h3-6H,14H2,1-2H3,(H,15,18). The van der Waals surface area contributed by atoms with Crippen molar-refractivity contribution in [1.82, 2.24) is 9.78 Å². The molecule has 0 aliphatic heterocycles. The number of benzene rings is 1. The van der Waals surface area contributed by atoms with Crippen LogP contribution < -0.4 is 11.1 Å². The highest BCUT2D eigenvalue weighted by molar-refractivity contribution is 9.10. The molecule has 94 valence electrons. The van der Waals surface area contributed by atoms with Crippen molar-refractivity contribution in [3.63, 3.8) is 0 Å². The summed E-state index contributed by atoms with van der Waals surface area (Å²) in [6, 6.07) is 5.60. The largest absolute Gasteiger partial charge is 0.396 e. The van der Waals surface area contributed by atoms with E-state index in [9.17, 15) is 4.79 Å². The minimum Gasteiger partial charge on any atom is -0.396 e. The first kappa shape index (κ1) is 12.6. The molecule has 1 amide bonds. The number of hydrogen-bond acceptors (Lipinski definition) is 3. The number of carbonyl (C=O) groups excluding carboxylic acids is 1. The highest BCUT2D eigenvalue weighted by atomic mass is 79.9. The van der Waals surface area contributed by atoms with E-state index in [1.165, 1.54) is 4.68 Å². The Morgan fingerprint density at radius 2 is 2.22 bits per heavy atom. The van der Waals surface area contributed by atoms with Gasteiger partial charge in [-0.2, -0.15) is 5.10 Å². The maximum Gasteiger partial charge on any atom is 0.278 e. The summed E-state index contributed by atoms with van der Waals surface area (Å²) >= 11 is 3.42. The molecule has 0 aliphatic carbocycles. The molecule has 6 heteroatoms. The highest BCUT2D eigenvalue weighted by Crippen LogP contribution is 2.24. The van der Waals surface area contributed by atoms with Crippen molar-refractivity contribution in [3.8, 4) is 0 Å². The van der Waals surface area contributed by atoms with Crippen LogP contribution in [-0.2, 0) is 7.05 Å². The lowest BCUT2D eigenvalue weighted by Gasteiger charge is -2.08. The van der Waals surface area contributed by atoms with Gasteiger partial charge in [-0.3, -0.25) is 9.48 Å². The van der Waals surface area contributed by atoms with Crippen molar-refractivity contribution in [2.45, 2.75) is 6.92 Å². The van der Waals surface area contributed by atoms with Crippen LogP contribution in [-0.4, -0.2) is 15.7 Å². The zero-order valence-electron chi connectivity index (χ0n) is 10.1. The Morgan fingerprint density at radius 3 is 2.83 bits per heavy atom. The quantitative estimate of drug-likeness (QED) is 0.894. The van der Waals surface area contributed by atoms with Crippen LogP contribution in [0.15, 0.2) is 28.9 Å². The maximum absolute atomic E-state index is 12.0. The van der Waals surface area contributed by atoms with Gasteiger partial charge in [0.2, 0.25) is 0 Å². The van der Waals surface area contributed by atoms with E-state index in [-0.39, 0.29) is 11.6 Å². The van der Waals surface area contributed by atoms with Gasteiger partial charge >= 0.3 is 0 Å². The van der Waals surface area contributed by atoms with Gasteiger partial charge in [0.25, 0.3) is 5.91 Å². The van der Waals surface area contributed by atoms with Crippen LogP contribution in [0, 0.1) is 6.92 Å². The molecule has 0 saturated carbocycles. The molecule has 0 aliphatic rings. The predicted octanol–water partition coefficient (Wildman–Crippen LogP) is 2.33. The smallest absolute Gasteiger partial charge is 0.278 e. The van der Waals surface area contributed by atoms with Crippen molar-refractivity contribution < 1.29 is 4.79 Å². The Labute approximate surface area is 113 Å². The number of rotatable bonds is 2. The number of halogens is 1. The van der Waals surface area contributed by atoms with Gasteiger partial charge in [-0.05, 0) is 24.6 Å². The van der Waals surface area contributed by atoms with Crippen LogP contribution in [0.3, 0.4) is 0 Å². The van der Waals surface area contributed by atoms with Crippen molar-refractivity contribution in [2.75, 3.05) is 11.1 Å². The lowest BCUT2D eigenvalue weighted by atomic mass is 10.2. The van der Waals surface area contributed by atoms with Crippen LogP contribution in [0.1, 0.15) is 16.1 Å². The summed E-state index contributed by atoms with van der Waals surface area (Å²) in [5, 5.41) is 6.82. The number of nitrogens with two attached hydrogens (primary N) is 1. The van der Waals surface area contributed by atoms with Crippen LogP contribution in [0.2, 0.25) is 0 Å². The summed E-state index contributed by atoms with van der Waals surface area (Å²) in [6.07, 6.45) is 1.60. The van der Waals surface area contributed by atoms with Gasteiger partial charge in [-0.25, -0.2) is 0 Å². The molecule has 0 atom stereocenters. The number of nitrogen functional groups attached to an aromatic ring is 1. The first-order valence-electron chi connectivity index (χ1n) is 5.34. The van der Waals surface area contributed by atoms with Gasteiger partial charge in [-0.1, -0.05) is 22.0 Å². The van der Waals surface area contributed by atoms with Crippen LogP contribution in [0.4, 0.5) is 11.4 Å². The summed E-state index contributed by atoms with van der Waals surface area (Å²) < 4.78 is 2.45. The second kappa shape index (κ2) is 4.81. The number of anilines is 2. The molecule has 1 aromatic carbocycles. The van der Waals surface area contributed by atoms with Crippen molar-refractivity contribution in [2.24, 2.45) is 7.05 Å². The Bertz CT molecular complexity index is 606. The Hall–Kier alpha value is -1.82. The fourth-order valence-corrected chi connectivity index (χ4v) is 1.97. The molecule has 2 rings (SSSR count). The van der Waals surface area contributed by atoms with Gasteiger partial charge in [0.05, 0.1) is 5.69 Å². The predicted molar refractivity (Wildman–Crippen MR) is 74.5 cm³/mol. The summed E-state index contributed by atoms with van der Waals surface area (Å²) in [4.78, 5) is 12.0. The minimum atomic E-state index is -0.311. The number of aryl methyl sites for hydroxylation is 1. The summed E-state index contributed by atoms with van der Waals surface area (Å²) in [7, 11) is 1.72. The number of nitrogens with one attached hydrogen (secondary N) is 1. The molecule has 3 N–H and O–H groups in total. The highest BCUT2D eigenvalue weighted by Gasteiger charge is 2.15. The third kappa shape index (κ3) is 2.38. The number of hydrogen-bond donors (Lipinski definition) is 2. The van der Waals surface area contributed by atoms with Gasteiger partial charge in [0.1, 0.15) is 0 Å². The second-order valence-corrected chi connectivity index (χ2v) is 4.83. The number of nitrogens with zero attached hydrogens (tertiary/aromatic N) is 2. The average molecular weight is 309 g/mol. The van der Waals surface area contributed by atoms with Gasteiger partial charge in [0.15, 0.2) is 5.69 Å². The fraction of sp³-hybridized carbons (Fsp3) is 0.167. The van der Waals surface area contributed by atoms with E-state index in [2.05, 4.69) is 26.3 Å². The molecular formula is C12H13BrN4O. The molecule has 2 aromatic rings. The molecule has 0 unspecified atom stereocenters. The molecule has 0 saturated heterocycles. The normalized spacial score (nSPS) is 10.4. The second-order valence-electron chi connectivity index (χ2n) is 3.97. The molecule has 0 spiro atoms. The average Bonchev–Trinajstić information content (AvgIpc) is 2.64. The van der Waals surface area contributed by atoms with Gasteiger partial charge < -0.3 is 11.1 Å². The van der Waals surface area contributed by atoms with E-state index >= 15 is 0 Å². The summed E-state index contributed by atoms with van der Waals surface area (Å²) in [5.41, 5.74) is 8.00. The first-order chi connectivity index (χ1) is 8.49. The third-order valence-corrected chi connectivity index (χ3v) is 3.45. The number of amides is 1. The fourth-order valence-electron chi connectivity index (χ4n) is 1.61. The minimum absolute atomic E-state index is 0.233. The summed E-state index contributed by atoms with van der Waals surface area (Å²) in [5.74, 6) is -0.311. The third-order valence-electron chi connectivity index (χ3n) is 2.59. The number of aromatic nitrogens is 2.